The topological polar surface area (TPSA) is 104 Å². The Bertz CT molecular complexity index is 1050. The molecular weight excluding hydrogens is 334 g/mol. The van der Waals surface area contributed by atoms with Crippen LogP contribution in [-0.4, -0.2) is 47.7 Å². The molecule has 0 aliphatic carbocycles. The molecule has 8 heteroatoms. The van der Waals surface area contributed by atoms with Gasteiger partial charge >= 0.3 is 5.97 Å². The summed E-state index contributed by atoms with van der Waals surface area (Å²) in [6.45, 7) is 6.02. The number of amides is 1. The lowest BCUT2D eigenvalue weighted by Crippen LogP contribution is -2.50. The third kappa shape index (κ3) is 2.45. The average molecular weight is 353 g/mol. The number of carbonyl (C=O) groups is 2. The summed E-state index contributed by atoms with van der Waals surface area (Å²) < 4.78 is 1.75. The van der Waals surface area contributed by atoms with E-state index in [1.807, 2.05) is 19.9 Å². The highest BCUT2D eigenvalue weighted by molar-refractivity contribution is 6.00. The van der Waals surface area contributed by atoms with E-state index in [1.54, 1.807) is 17.6 Å². The van der Waals surface area contributed by atoms with E-state index in [-0.39, 0.29) is 19.0 Å². The van der Waals surface area contributed by atoms with Crippen LogP contribution in [0.3, 0.4) is 0 Å². The Labute approximate surface area is 149 Å². The number of fused-ring (bicyclic) bond motifs is 2. The zero-order valence-corrected chi connectivity index (χ0v) is 14.8. The van der Waals surface area contributed by atoms with Crippen LogP contribution in [0.1, 0.15) is 33.3 Å². The molecule has 1 unspecified atom stereocenters. The fourth-order valence-electron chi connectivity index (χ4n) is 3.61. The molecule has 26 heavy (non-hydrogen) atoms. The maximum absolute atomic E-state index is 13.1. The molecule has 1 amide bonds. The number of aromatic amines is 1. The van der Waals surface area contributed by atoms with Gasteiger partial charge in [0.1, 0.15) is 17.6 Å². The molecule has 3 aromatic rings. The molecule has 0 spiro atoms. The summed E-state index contributed by atoms with van der Waals surface area (Å²) in [5.41, 5.74) is 3.42. The second kappa shape index (κ2) is 5.69. The van der Waals surface area contributed by atoms with E-state index in [1.165, 1.54) is 4.90 Å². The van der Waals surface area contributed by atoms with Crippen molar-refractivity contribution in [2.75, 3.05) is 0 Å². The van der Waals surface area contributed by atoms with Gasteiger partial charge in [0.2, 0.25) is 0 Å². The van der Waals surface area contributed by atoms with Gasteiger partial charge in [-0.25, -0.2) is 4.79 Å². The third-order valence-electron chi connectivity index (χ3n) is 4.92. The highest BCUT2D eigenvalue weighted by Crippen LogP contribution is 2.25. The normalized spacial score (nSPS) is 16.7. The van der Waals surface area contributed by atoms with Crippen LogP contribution >= 0.6 is 0 Å². The molecule has 1 atom stereocenters. The largest absolute Gasteiger partial charge is 0.480 e. The first-order valence-corrected chi connectivity index (χ1v) is 8.37. The zero-order chi connectivity index (χ0) is 18.6. The maximum atomic E-state index is 13.1. The summed E-state index contributed by atoms with van der Waals surface area (Å²) in [6, 6.07) is 4.86. The van der Waals surface area contributed by atoms with Gasteiger partial charge in [0.15, 0.2) is 5.82 Å². The first kappa shape index (κ1) is 16.3. The van der Waals surface area contributed by atoms with Gasteiger partial charge in [-0.2, -0.15) is 0 Å². The number of aryl methyl sites for hydroxylation is 3. The summed E-state index contributed by atoms with van der Waals surface area (Å²) >= 11 is 0. The van der Waals surface area contributed by atoms with Crippen molar-refractivity contribution < 1.29 is 14.7 Å². The third-order valence-corrected chi connectivity index (χ3v) is 4.92. The standard InChI is InChI=1S/C18H19N5O3/c1-9-4-10(2)12-6-14(19-13(12)5-9)17(24)23-8-16-21-20-11(3)22(16)7-15(23)18(25)26/h4-6,15,19H,7-8H2,1-3H3,(H,25,26). The van der Waals surface area contributed by atoms with Crippen LogP contribution < -0.4 is 0 Å². The Morgan fingerprint density at radius 1 is 1.19 bits per heavy atom. The van der Waals surface area contributed by atoms with Crippen molar-refractivity contribution in [1.29, 1.82) is 0 Å². The second-order valence-electron chi connectivity index (χ2n) is 6.79. The Kier molecular flexibility index (Phi) is 3.57. The summed E-state index contributed by atoms with van der Waals surface area (Å²) in [7, 11) is 0. The average Bonchev–Trinajstić information content (AvgIpc) is 3.17. The Hall–Kier alpha value is -3.16. The first-order chi connectivity index (χ1) is 12.3. The molecule has 0 saturated carbocycles. The number of benzene rings is 1. The van der Waals surface area contributed by atoms with E-state index in [0.29, 0.717) is 17.3 Å². The van der Waals surface area contributed by atoms with Crippen molar-refractivity contribution in [1.82, 2.24) is 24.6 Å². The molecule has 0 fully saturated rings. The van der Waals surface area contributed by atoms with E-state index in [9.17, 15) is 14.7 Å². The number of rotatable bonds is 2. The molecule has 0 bridgehead atoms. The number of carboxylic acids is 1. The van der Waals surface area contributed by atoms with Crippen LogP contribution in [0.25, 0.3) is 10.9 Å². The lowest BCUT2D eigenvalue weighted by molar-refractivity contribution is -0.143. The van der Waals surface area contributed by atoms with Gasteiger partial charge in [-0.15, -0.1) is 10.2 Å². The van der Waals surface area contributed by atoms with Crippen LogP contribution in [-0.2, 0) is 17.9 Å². The second-order valence-corrected chi connectivity index (χ2v) is 6.79. The van der Waals surface area contributed by atoms with Crippen molar-refractivity contribution in [3.63, 3.8) is 0 Å². The van der Waals surface area contributed by atoms with E-state index in [2.05, 4.69) is 21.2 Å². The van der Waals surface area contributed by atoms with E-state index in [4.69, 9.17) is 0 Å². The number of hydrogen-bond acceptors (Lipinski definition) is 4. The molecule has 8 nitrogen and oxygen atoms in total. The van der Waals surface area contributed by atoms with Gasteiger partial charge in [-0.3, -0.25) is 4.79 Å². The fraction of sp³-hybridized carbons (Fsp3) is 0.333. The smallest absolute Gasteiger partial charge is 0.328 e. The van der Waals surface area contributed by atoms with Gasteiger partial charge in [0.25, 0.3) is 5.91 Å². The number of carboxylic acid groups (broad SMARTS) is 1. The van der Waals surface area contributed by atoms with Crippen molar-refractivity contribution in [2.24, 2.45) is 0 Å². The highest BCUT2D eigenvalue weighted by atomic mass is 16.4. The van der Waals surface area contributed by atoms with Gasteiger partial charge in [-0.05, 0) is 44.0 Å². The summed E-state index contributed by atoms with van der Waals surface area (Å²) in [4.78, 5) is 29.3. The molecule has 4 rings (SSSR count). The summed E-state index contributed by atoms with van der Waals surface area (Å²) in [5, 5.41) is 18.6. The lowest BCUT2D eigenvalue weighted by Gasteiger charge is -2.33. The number of hydrogen-bond donors (Lipinski definition) is 2. The molecule has 134 valence electrons. The predicted molar refractivity (Wildman–Crippen MR) is 93.8 cm³/mol. The van der Waals surface area contributed by atoms with Crippen LogP contribution in [0.2, 0.25) is 0 Å². The SMILES string of the molecule is Cc1cc(C)c2cc(C(=O)N3Cc4nnc(C)n4CC3C(=O)O)[nH]c2c1. The Balaban J connectivity index is 1.74. The van der Waals surface area contributed by atoms with Gasteiger partial charge in [0, 0.05) is 10.9 Å². The van der Waals surface area contributed by atoms with E-state index < -0.39 is 12.0 Å². The summed E-state index contributed by atoms with van der Waals surface area (Å²) in [5.74, 6) is -0.149. The Morgan fingerprint density at radius 2 is 1.96 bits per heavy atom. The zero-order valence-electron chi connectivity index (χ0n) is 14.8. The Morgan fingerprint density at radius 3 is 2.69 bits per heavy atom. The van der Waals surface area contributed by atoms with Crippen LogP contribution in [0.4, 0.5) is 0 Å². The quantitative estimate of drug-likeness (QED) is 0.731. The molecule has 2 aromatic heterocycles. The van der Waals surface area contributed by atoms with Crippen molar-refractivity contribution in [3.8, 4) is 0 Å². The predicted octanol–water partition coefficient (Wildman–Crippen LogP) is 1.79. The van der Waals surface area contributed by atoms with Crippen LogP contribution in [0.15, 0.2) is 18.2 Å². The van der Waals surface area contributed by atoms with Crippen LogP contribution in [0, 0.1) is 20.8 Å². The number of nitrogens with zero attached hydrogens (tertiary/aromatic N) is 4. The number of H-pyrrole nitrogens is 1. The number of aliphatic carboxylic acids is 1. The van der Waals surface area contributed by atoms with Gasteiger partial charge in [0.05, 0.1) is 13.1 Å². The number of carbonyl (C=O) groups excluding carboxylic acids is 1. The molecule has 2 N–H and O–H groups in total. The molecule has 1 aliphatic rings. The molecule has 0 saturated heterocycles. The monoisotopic (exact) mass is 353 g/mol. The van der Waals surface area contributed by atoms with Crippen LogP contribution in [0.5, 0.6) is 0 Å². The lowest BCUT2D eigenvalue weighted by atomic mass is 10.1. The van der Waals surface area contributed by atoms with Crippen molar-refractivity contribution >= 4 is 22.8 Å². The van der Waals surface area contributed by atoms with E-state index in [0.717, 1.165) is 22.0 Å². The van der Waals surface area contributed by atoms with E-state index >= 15 is 0 Å². The highest BCUT2D eigenvalue weighted by Gasteiger charge is 2.37. The van der Waals surface area contributed by atoms with Crippen molar-refractivity contribution in [3.05, 3.63) is 46.7 Å². The fourth-order valence-corrected chi connectivity index (χ4v) is 3.61. The van der Waals surface area contributed by atoms with Crippen molar-refractivity contribution in [2.45, 2.75) is 39.9 Å². The summed E-state index contributed by atoms with van der Waals surface area (Å²) in [6.07, 6.45) is 0. The first-order valence-electron chi connectivity index (χ1n) is 8.37. The molecule has 1 aromatic carbocycles. The molecule has 0 radical (unpaired) electrons. The molecular formula is C18H19N5O3. The minimum absolute atomic E-state index is 0.115. The van der Waals surface area contributed by atoms with Gasteiger partial charge in [-0.1, -0.05) is 6.07 Å². The molecule has 1 aliphatic heterocycles. The maximum Gasteiger partial charge on any atom is 0.328 e. The minimum atomic E-state index is -1.04. The number of aromatic nitrogens is 4. The number of nitrogens with one attached hydrogen (secondary N) is 1. The van der Waals surface area contributed by atoms with Gasteiger partial charge < -0.3 is 19.6 Å². The molecule has 3 heterocycles. The minimum Gasteiger partial charge on any atom is -0.480 e.